The molecule has 0 amide bonds. The van der Waals surface area contributed by atoms with Gasteiger partial charge >= 0.3 is 0 Å². The Bertz CT molecular complexity index is 3130. The molecule has 0 fully saturated rings. The fourth-order valence-electron chi connectivity index (χ4n) is 8.34. The first-order valence-corrected chi connectivity index (χ1v) is 18.7. The van der Waals surface area contributed by atoms with Gasteiger partial charge in [-0.1, -0.05) is 140 Å². The van der Waals surface area contributed by atoms with Gasteiger partial charge in [0.05, 0.1) is 0 Å². The van der Waals surface area contributed by atoms with Crippen molar-refractivity contribution < 1.29 is 8.83 Å². The summed E-state index contributed by atoms with van der Waals surface area (Å²) in [5.74, 6) is 0. The van der Waals surface area contributed by atoms with Gasteiger partial charge in [0.25, 0.3) is 0 Å². The second kappa shape index (κ2) is 12.6. The molecule has 0 bridgehead atoms. The van der Waals surface area contributed by atoms with Crippen molar-refractivity contribution in [2.24, 2.45) is 0 Å². The highest BCUT2D eigenvalue weighted by molar-refractivity contribution is 6.30. The zero-order chi connectivity index (χ0) is 36.3. The van der Waals surface area contributed by atoms with Gasteiger partial charge in [-0.3, -0.25) is 0 Å². The molecule has 0 aliphatic carbocycles. The predicted octanol–water partition coefficient (Wildman–Crippen LogP) is 15.1. The average Bonchev–Trinajstić information content (AvgIpc) is 3.83. The molecule has 0 saturated heterocycles. The molecule has 258 valence electrons. The van der Waals surface area contributed by atoms with Gasteiger partial charge in [0.2, 0.25) is 0 Å². The van der Waals surface area contributed by atoms with Crippen LogP contribution in [0.5, 0.6) is 0 Å². The minimum absolute atomic E-state index is 0.847. The lowest BCUT2D eigenvalue weighted by Crippen LogP contribution is -2.09. The van der Waals surface area contributed by atoms with Crippen molar-refractivity contribution in [1.82, 2.24) is 0 Å². The molecule has 0 saturated carbocycles. The van der Waals surface area contributed by atoms with E-state index in [-0.39, 0.29) is 0 Å². The molecule has 0 unspecified atom stereocenters. The number of para-hydroxylation sites is 3. The van der Waals surface area contributed by atoms with Crippen molar-refractivity contribution in [2.75, 3.05) is 4.90 Å². The van der Waals surface area contributed by atoms with E-state index in [0.29, 0.717) is 0 Å². The van der Waals surface area contributed by atoms with Crippen molar-refractivity contribution in [3.63, 3.8) is 0 Å². The Labute approximate surface area is 317 Å². The van der Waals surface area contributed by atoms with Crippen molar-refractivity contribution in [3.8, 4) is 33.4 Å². The maximum absolute atomic E-state index is 6.92. The van der Waals surface area contributed by atoms with E-state index in [4.69, 9.17) is 8.83 Å². The van der Waals surface area contributed by atoms with Crippen LogP contribution in [0.15, 0.2) is 209 Å². The molecule has 0 aliphatic rings. The molecule has 0 spiro atoms. The third kappa shape index (κ3) is 5.13. The van der Waals surface area contributed by atoms with Gasteiger partial charge in [-0.05, 0) is 99.3 Å². The zero-order valence-corrected chi connectivity index (χ0v) is 29.8. The third-order valence-corrected chi connectivity index (χ3v) is 10.9. The molecule has 0 radical (unpaired) electrons. The predicted molar refractivity (Wildman–Crippen MR) is 229 cm³/mol. The summed E-state index contributed by atoms with van der Waals surface area (Å²) in [5.41, 5.74) is 13.6. The van der Waals surface area contributed by atoms with Crippen LogP contribution in [0.2, 0.25) is 0 Å². The Kier molecular flexibility index (Phi) is 7.17. The summed E-state index contributed by atoms with van der Waals surface area (Å²) in [4.78, 5) is 2.29. The van der Waals surface area contributed by atoms with Gasteiger partial charge in [0.1, 0.15) is 22.3 Å². The van der Waals surface area contributed by atoms with Gasteiger partial charge in [0.15, 0.2) is 0 Å². The summed E-state index contributed by atoms with van der Waals surface area (Å²) in [7, 11) is 0. The van der Waals surface area contributed by atoms with Crippen LogP contribution in [0, 0.1) is 0 Å². The number of furan rings is 2. The Morgan fingerprint density at radius 1 is 0.291 bits per heavy atom. The Balaban J connectivity index is 1.04. The number of anilines is 3. The summed E-state index contributed by atoms with van der Waals surface area (Å²) in [6.07, 6.45) is 0. The summed E-state index contributed by atoms with van der Waals surface area (Å²) in [5, 5.41) is 6.78. The maximum Gasteiger partial charge on any atom is 0.143 e. The average molecular weight is 704 g/mol. The standard InChI is InChI=1S/C52H33NO2/c1-3-14-38(15-4-1)53(39-16-5-2-6-17-39)40-28-26-35(27-29-40)34-22-24-37(25-23-34)42-30-31-44(43-20-11-13-36-12-7-8-18-41(36)43)50-51-48(55-52(42)50)33-32-47-49(51)45-19-9-10-21-46(45)54-47/h1-33H. The number of rotatable bonds is 6. The fraction of sp³-hybridized carbons (Fsp3) is 0. The van der Waals surface area contributed by atoms with Gasteiger partial charge in [-0.25, -0.2) is 0 Å². The summed E-state index contributed by atoms with van der Waals surface area (Å²) in [6.45, 7) is 0. The van der Waals surface area contributed by atoms with Crippen molar-refractivity contribution in [3.05, 3.63) is 200 Å². The summed E-state index contributed by atoms with van der Waals surface area (Å²) in [6, 6.07) is 70.7. The SMILES string of the molecule is c1ccc(N(c2ccccc2)c2ccc(-c3ccc(-c4ccc(-c5cccc6ccccc56)c5c4oc4ccc6oc7ccccc7c6c45)cc3)cc2)cc1. The van der Waals surface area contributed by atoms with Crippen LogP contribution in [0.1, 0.15) is 0 Å². The highest BCUT2D eigenvalue weighted by atomic mass is 16.3. The highest BCUT2D eigenvalue weighted by Crippen LogP contribution is 2.47. The molecule has 3 nitrogen and oxygen atoms in total. The van der Waals surface area contributed by atoms with Crippen LogP contribution < -0.4 is 4.90 Å². The number of nitrogens with zero attached hydrogens (tertiary/aromatic N) is 1. The first kappa shape index (κ1) is 31.2. The van der Waals surface area contributed by atoms with Gasteiger partial charge in [-0.2, -0.15) is 0 Å². The van der Waals surface area contributed by atoms with Crippen LogP contribution >= 0.6 is 0 Å². The molecule has 11 rings (SSSR count). The quantitative estimate of drug-likeness (QED) is 0.173. The van der Waals surface area contributed by atoms with Crippen LogP contribution in [0.3, 0.4) is 0 Å². The minimum atomic E-state index is 0.847. The second-order valence-electron chi connectivity index (χ2n) is 14.0. The molecular formula is C52H33NO2. The number of benzene rings is 9. The van der Waals surface area contributed by atoms with E-state index >= 15 is 0 Å². The van der Waals surface area contributed by atoms with Crippen molar-refractivity contribution >= 4 is 71.7 Å². The molecule has 0 N–H and O–H groups in total. The largest absolute Gasteiger partial charge is 0.456 e. The van der Waals surface area contributed by atoms with Crippen molar-refractivity contribution in [1.29, 1.82) is 0 Å². The molecule has 2 aromatic heterocycles. The van der Waals surface area contributed by atoms with E-state index in [0.717, 1.165) is 88.8 Å². The van der Waals surface area contributed by atoms with Crippen molar-refractivity contribution in [2.45, 2.75) is 0 Å². The van der Waals surface area contributed by atoms with Crippen LogP contribution in [-0.2, 0) is 0 Å². The Morgan fingerprint density at radius 3 is 1.56 bits per heavy atom. The van der Waals surface area contributed by atoms with E-state index in [1.165, 1.54) is 16.3 Å². The van der Waals surface area contributed by atoms with Gasteiger partial charge in [0, 0.05) is 44.2 Å². The van der Waals surface area contributed by atoms with Crippen LogP contribution in [0.25, 0.3) is 88.0 Å². The summed E-state index contributed by atoms with van der Waals surface area (Å²) >= 11 is 0. The molecule has 55 heavy (non-hydrogen) atoms. The second-order valence-corrected chi connectivity index (χ2v) is 14.0. The molecule has 2 heterocycles. The number of hydrogen-bond acceptors (Lipinski definition) is 3. The Morgan fingerprint density at radius 2 is 0.836 bits per heavy atom. The zero-order valence-electron chi connectivity index (χ0n) is 29.8. The molecule has 0 atom stereocenters. The molecule has 3 heteroatoms. The van der Waals surface area contributed by atoms with Gasteiger partial charge < -0.3 is 13.7 Å². The molecular weight excluding hydrogens is 671 g/mol. The third-order valence-electron chi connectivity index (χ3n) is 10.9. The lowest BCUT2D eigenvalue weighted by Gasteiger charge is -2.25. The molecule has 11 aromatic rings. The Hall–Kier alpha value is -7.36. The first-order chi connectivity index (χ1) is 27.3. The van der Waals surface area contributed by atoms with E-state index < -0.39 is 0 Å². The monoisotopic (exact) mass is 703 g/mol. The van der Waals surface area contributed by atoms with E-state index in [1.54, 1.807) is 0 Å². The van der Waals surface area contributed by atoms with Crippen LogP contribution in [0.4, 0.5) is 17.1 Å². The molecule has 0 aliphatic heterocycles. The first-order valence-electron chi connectivity index (χ1n) is 18.7. The number of fused-ring (bicyclic) bond motifs is 8. The van der Waals surface area contributed by atoms with E-state index in [1.807, 2.05) is 18.2 Å². The van der Waals surface area contributed by atoms with E-state index in [9.17, 15) is 0 Å². The maximum atomic E-state index is 6.92. The highest BCUT2D eigenvalue weighted by Gasteiger charge is 2.22. The fourth-order valence-corrected chi connectivity index (χ4v) is 8.34. The lowest BCUT2D eigenvalue weighted by molar-refractivity contribution is 0.663. The van der Waals surface area contributed by atoms with Gasteiger partial charge in [-0.15, -0.1) is 0 Å². The van der Waals surface area contributed by atoms with E-state index in [2.05, 4.69) is 187 Å². The number of hydrogen-bond donors (Lipinski definition) is 0. The molecule has 9 aromatic carbocycles. The summed E-state index contributed by atoms with van der Waals surface area (Å²) < 4.78 is 13.3. The minimum Gasteiger partial charge on any atom is -0.456 e. The smallest absolute Gasteiger partial charge is 0.143 e. The normalized spacial score (nSPS) is 11.6. The van der Waals surface area contributed by atoms with Crippen LogP contribution in [-0.4, -0.2) is 0 Å². The lowest BCUT2D eigenvalue weighted by atomic mass is 9.91. The topological polar surface area (TPSA) is 29.5 Å².